The Hall–Kier alpha value is -2.33. The number of hydrogen-bond acceptors (Lipinski definition) is 3. The van der Waals surface area contributed by atoms with Gasteiger partial charge in [0.15, 0.2) is 0 Å². The number of hydrogen-bond donors (Lipinski definition) is 0. The molecule has 4 nitrogen and oxygen atoms in total. The third-order valence-electron chi connectivity index (χ3n) is 4.11. The van der Waals surface area contributed by atoms with Gasteiger partial charge in [0.2, 0.25) is 5.91 Å². The summed E-state index contributed by atoms with van der Waals surface area (Å²) in [4.78, 5) is 14.9. The van der Waals surface area contributed by atoms with Gasteiger partial charge in [0.05, 0.1) is 26.2 Å². The van der Waals surface area contributed by atoms with E-state index in [0.29, 0.717) is 19.6 Å². The lowest BCUT2D eigenvalue weighted by molar-refractivity contribution is -0.118. The Labute approximate surface area is 136 Å². The molecule has 0 N–H and O–H groups in total. The van der Waals surface area contributed by atoms with Crippen molar-refractivity contribution >= 4 is 11.6 Å². The molecule has 1 heterocycles. The van der Waals surface area contributed by atoms with Gasteiger partial charge in [-0.2, -0.15) is 0 Å². The summed E-state index contributed by atoms with van der Waals surface area (Å²) in [5, 5.41) is 0. The summed E-state index contributed by atoms with van der Waals surface area (Å²) in [7, 11) is 1.63. The van der Waals surface area contributed by atoms with E-state index in [0.717, 1.165) is 23.4 Å². The minimum absolute atomic E-state index is 0.0659. The minimum Gasteiger partial charge on any atom is -0.496 e. The van der Waals surface area contributed by atoms with E-state index in [4.69, 9.17) is 9.47 Å². The molecule has 1 atom stereocenters. The molecule has 1 amide bonds. The average Bonchev–Trinajstić information content (AvgIpc) is 3.10. The molecule has 0 aliphatic carbocycles. The van der Waals surface area contributed by atoms with E-state index in [1.165, 1.54) is 0 Å². The zero-order valence-corrected chi connectivity index (χ0v) is 13.3. The number of rotatable bonds is 5. The summed E-state index contributed by atoms with van der Waals surface area (Å²) in [6.45, 7) is 1.29. The number of methoxy groups -OCH3 is 1. The molecule has 120 valence electrons. The predicted octanol–water partition coefficient (Wildman–Crippen LogP) is 3.06. The number of anilines is 1. The van der Waals surface area contributed by atoms with Gasteiger partial charge in [0.1, 0.15) is 5.75 Å². The number of benzene rings is 2. The van der Waals surface area contributed by atoms with E-state index in [1.54, 1.807) is 7.11 Å². The maximum atomic E-state index is 13.0. The van der Waals surface area contributed by atoms with Crippen LogP contribution in [0.2, 0.25) is 0 Å². The van der Waals surface area contributed by atoms with Crippen LogP contribution < -0.4 is 9.64 Å². The number of para-hydroxylation sites is 2. The Morgan fingerprint density at radius 1 is 1.17 bits per heavy atom. The fourth-order valence-electron chi connectivity index (χ4n) is 2.97. The summed E-state index contributed by atoms with van der Waals surface area (Å²) < 4.78 is 10.8. The number of carbonyl (C=O) groups is 1. The van der Waals surface area contributed by atoms with Crippen molar-refractivity contribution < 1.29 is 14.3 Å². The monoisotopic (exact) mass is 311 g/mol. The molecule has 0 unspecified atom stereocenters. The Morgan fingerprint density at radius 3 is 2.61 bits per heavy atom. The van der Waals surface area contributed by atoms with Crippen molar-refractivity contribution in [3.05, 3.63) is 60.2 Å². The summed E-state index contributed by atoms with van der Waals surface area (Å²) in [5.41, 5.74) is 1.82. The molecule has 3 rings (SSSR count). The third-order valence-corrected chi connectivity index (χ3v) is 4.11. The summed E-state index contributed by atoms with van der Waals surface area (Å²) in [5.74, 6) is 0.813. The highest BCUT2D eigenvalue weighted by Gasteiger charge is 2.29. The smallest absolute Gasteiger partial charge is 0.231 e. The summed E-state index contributed by atoms with van der Waals surface area (Å²) in [6.07, 6.45) is 1.18. The normalized spacial score (nSPS) is 17.0. The molecule has 0 aromatic heterocycles. The van der Waals surface area contributed by atoms with E-state index in [2.05, 4.69) is 0 Å². The molecule has 4 heteroatoms. The molecule has 0 spiro atoms. The van der Waals surface area contributed by atoms with Gasteiger partial charge in [0.25, 0.3) is 0 Å². The molecule has 23 heavy (non-hydrogen) atoms. The molecule has 1 fully saturated rings. The number of amides is 1. The zero-order valence-electron chi connectivity index (χ0n) is 13.3. The number of nitrogens with zero attached hydrogens (tertiary/aromatic N) is 1. The van der Waals surface area contributed by atoms with Crippen LogP contribution in [0.15, 0.2) is 54.6 Å². The largest absolute Gasteiger partial charge is 0.496 e. The second-order valence-corrected chi connectivity index (χ2v) is 5.61. The first-order chi connectivity index (χ1) is 11.3. The van der Waals surface area contributed by atoms with Gasteiger partial charge in [-0.25, -0.2) is 0 Å². The Morgan fingerprint density at radius 2 is 1.91 bits per heavy atom. The lowest BCUT2D eigenvalue weighted by atomic mass is 10.1. The molecule has 0 saturated carbocycles. The lowest BCUT2D eigenvalue weighted by Crippen LogP contribution is -2.41. The van der Waals surface area contributed by atoms with Gasteiger partial charge >= 0.3 is 0 Å². The van der Waals surface area contributed by atoms with Crippen LogP contribution in [-0.4, -0.2) is 32.3 Å². The van der Waals surface area contributed by atoms with Gasteiger partial charge in [-0.05, 0) is 24.6 Å². The molecule has 2 aromatic rings. The quantitative estimate of drug-likeness (QED) is 0.852. The first-order valence-corrected chi connectivity index (χ1v) is 7.86. The topological polar surface area (TPSA) is 38.8 Å². The van der Waals surface area contributed by atoms with Crippen LogP contribution in [0, 0.1) is 0 Å². The highest BCUT2D eigenvalue weighted by Crippen LogP contribution is 2.25. The van der Waals surface area contributed by atoms with Crippen molar-refractivity contribution in [1.29, 1.82) is 0 Å². The zero-order chi connectivity index (χ0) is 16.1. The van der Waals surface area contributed by atoms with Crippen LogP contribution in [0.5, 0.6) is 5.75 Å². The van der Waals surface area contributed by atoms with Crippen LogP contribution in [0.25, 0.3) is 0 Å². The SMILES string of the molecule is COc1ccccc1CC(=O)N(c1ccccc1)[C@H]1CCOC1. The Bertz CT molecular complexity index is 651. The highest BCUT2D eigenvalue weighted by atomic mass is 16.5. The van der Waals surface area contributed by atoms with E-state index < -0.39 is 0 Å². The van der Waals surface area contributed by atoms with Crippen LogP contribution in [-0.2, 0) is 16.0 Å². The van der Waals surface area contributed by atoms with Gasteiger partial charge in [-0.1, -0.05) is 36.4 Å². The Balaban J connectivity index is 1.86. The van der Waals surface area contributed by atoms with Crippen molar-refractivity contribution in [2.45, 2.75) is 18.9 Å². The van der Waals surface area contributed by atoms with E-state index >= 15 is 0 Å². The number of carbonyl (C=O) groups excluding carboxylic acids is 1. The van der Waals surface area contributed by atoms with Crippen LogP contribution in [0.3, 0.4) is 0 Å². The average molecular weight is 311 g/mol. The molecular formula is C19H21NO3. The molecule has 1 aliphatic rings. The second-order valence-electron chi connectivity index (χ2n) is 5.61. The van der Waals surface area contributed by atoms with Gasteiger partial charge in [0, 0.05) is 17.9 Å². The highest BCUT2D eigenvalue weighted by molar-refractivity contribution is 5.95. The van der Waals surface area contributed by atoms with E-state index in [-0.39, 0.29) is 11.9 Å². The molecule has 0 bridgehead atoms. The predicted molar refractivity (Wildman–Crippen MR) is 89.9 cm³/mol. The standard InChI is InChI=1S/C19H21NO3/c1-22-18-10-6-5-7-15(18)13-19(21)20(17-11-12-23-14-17)16-8-3-2-4-9-16/h2-10,17H,11-14H2,1H3/t17-/m0/s1. The van der Waals surface area contributed by atoms with Crippen molar-refractivity contribution in [1.82, 2.24) is 0 Å². The van der Waals surface area contributed by atoms with Crippen molar-refractivity contribution in [2.24, 2.45) is 0 Å². The van der Waals surface area contributed by atoms with Crippen molar-refractivity contribution in [3.63, 3.8) is 0 Å². The molecule has 1 saturated heterocycles. The first-order valence-electron chi connectivity index (χ1n) is 7.86. The van der Waals surface area contributed by atoms with Crippen LogP contribution in [0.1, 0.15) is 12.0 Å². The summed E-state index contributed by atoms with van der Waals surface area (Å²) in [6, 6.07) is 17.6. The first kappa shape index (κ1) is 15.6. The van der Waals surface area contributed by atoms with E-state index in [9.17, 15) is 4.79 Å². The summed E-state index contributed by atoms with van der Waals surface area (Å²) >= 11 is 0. The van der Waals surface area contributed by atoms with Crippen molar-refractivity contribution in [2.75, 3.05) is 25.2 Å². The van der Waals surface area contributed by atoms with Gasteiger partial charge < -0.3 is 14.4 Å². The molecule has 2 aromatic carbocycles. The molecule has 1 aliphatic heterocycles. The molecule has 0 radical (unpaired) electrons. The lowest BCUT2D eigenvalue weighted by Gasteiger charge is -2.28. The van der Waals surface area contributed by atoms with Crippen LogP contribution in [0.4, 0.5) is 5.69 Å². The van der Waals surface area contributed by atoms with Gasteiger partial charge in [-0.15, -0.1) is 0 Å². The van der Waals surface area contributed by atoms with Crippen molar-refractivity contribution in [3.8, 4) is 5.75 Å². The number of ether oxygens (including phenoxy) is 2. The maximum absolute atomic E-state index is 13.0. The fourth-order valence-corrected chi connectivity index (χ4v) is 2.97. The van der Waals surface area contributed by atoms with Gasteiger partial charge in [-0.3, -0.25) is 4.79 Å². The minimum atomic E-state index is 0.0659. The second kappa shape index (κ2) is 7.29. The molecular weight excluding hydrogens is 290 g/mol. The Kier molecular flexibility index (Phi) is 4.93. The third kappa shape index (κ3) is 3.54. The van der Waals surface area contributed by atoms with Crippen LogP contribution >= 0.6 is 0 Å². The maximum Gasteiger partial charge on any atom is 0.231 e. The fraction of sp³-hybridized carbons (Fsp3) is 0.316. The van der Waals surface area contributed by atoms with E-state index in [1.807, 2.05) is 59.5 Å².